The molecule has 2 aromatic carbocycles. The van der Waals surface area contributed by atoms with Crippen molar-refractivity contribution in [3.05, 3.63) is 64.7 Å². The van der Waals surface area contributed by atoms with Gasteiger partial charge < -0.3 is 4.74 Å². The van der Waals surface area contributed by atoms with Crippen LogP contribution in [0.5, 0.6) is 5.75 Å². The summed E-state index contributed by atoms with van der Waals surface area (Å²) in [6, 6.07) is 14.7. The highest BCUT2D eigenvalue weighted by molar-refractivity contribution is 6.30. The van der Waals surface area contributed by atoms with Gasteiger partial charge >= 0.3 is 0 Å². The Bertz CT molecular complexity index is 590. The van der Waals surface area contributed by atoms with Gasteiger partial charge in [-0.05, 0) is 29.8 Å². The summed E-state index contributed by atoms with van der Waals surface area (Å²) in [5, 5.41) is 0.670. The Morgan fingerprint density at radius 3 is 2.56 bits per heavy atom. The van der Waals surface area contributed by atoms with E-state index in [2.05, 4.69) is 0 Å². The number of fused-ring (bicyclic) bond motifs is 1. The molecule has 0 amide bonds. The van der Waals surface area contributed by atoms with Crippen molar-refractivity contribution in [2.75, 3.05) is 6.61 Å². The fraction of sp³-hybridized carbons (Fsp3) is 0.133. The number of halogens is 1. The molecule has 0 bridgehead atoms. The van der Waals surface area contributed by atoms with Crippen LogP contribution in [-0.2, 0) is 0 Å². The first kappa shape index (κ1) is 11.3. The summed E-state index contributed by atoms with van der Waals surface area (Å²) in [6.45, 7) is 0.386. The Morgan fingerprint density at radius 1 is 1.06 bits per heavy atom. The minimum atomic E-state index is -0.239. The quantitative estimate of drug-likeness (QED) is 0.780. The molecule has 18 heavy (non-hydrogen) atoms. The second-order valence-electron chi connectivity index (χ2n) is 4.28. The zero-order valence-corrected chi connectivity index (χ0v) is 10.4. The number of para-hydroxylation sites is 1. The minimum absolute atomic E-state index is 0.110. The lowest BCUT2D eigenvalue weighted by Crippen LogP contribution is -2.25. The van der Waals surface area contributed by atoms with Crippen LogP contribution in [0.25, 0.3) is 0 Å². The summed E-state index contributed by atoms with van der Waals surface area (Å²) in [6.07, 6.45) is 0. The number of rotatable bonds is 1. The second-order valence-corrected chi connectivity index (χ2v) is 4.71. The van der Waals surface area contributed by atoms with E-state index in [9.17, 15) is 4.79 Å². The summed E-state index contributed by atoms with van der Waals surface area (Å²) in [5.41, 5.74) is 1.60. The summed E-state index contributed by atoms with van der Waals surface area (Å²) < 4.78 is 5.64. The van der Waals surface area contributed by atoms with Crippen LogP contribution in [0.15, 0.2) is 48.5 Å². The van der Waals surface area contributed by atoms with E-state index in [0.29, 0.717) is 22.9 Å². The van der Waals surface area contributed by atoms with E-state index in [1.165, 1.54) is 0 Å². The molecule has 90 valence electrons. The Kier molecular flexibility index (Phi) is 2.80. The van der Waals surface area contributed by atoms with E-state index < -0.39 is 0 Å². The van der Waals surface area contributed by atoms with Crippen molar-refractivity contribution < 1.29 is 9.53 Å². The monoisotopic (exact) mass is 258 g/mol. The molecular formula is C15H11ClO2. The van der Waals surface area contributed by atoms with Crippen LogP contribution in [-0.4, -0.2) is 12.4 Å². The SMILES string of the molecule is O=C1c2ccccc2OCC1c1ccc(Cl)cc1. The molecule has 0 N–H and O–H groups in total. The Morgan fingerprint density at radius 2 is 1.78 bits per heavy atom. The number of carbonyl (C=O) groups is 1. The lowest BCUT2D eigenvalue weighted by Gasteiger charge is -2.24. The number of hydrogen-bond acceptors (Lipinski definition) is 2. The highest BCUT2D eigenvalue weighted by atomic mass is 35.5. The summed E-state index contributed by atoms with van der Waals surface area (Å²) >= 11 is 5.85. The molecule has 0 spiro atoms. The molecule has 0 fully saturated rings. The molecule has 1 heterocycles. The number of carbonyl (C=O) groups excluding carboxylic acids is 1. The van der Waals surface area contributed by atoms with Gasteiger partial charge in [0.1, 0.15) is 12.4 Å². The third-order valence-electron chi connectivity index (χ3n) is 3.15. The van der Waals surface area contributed by atoms with Crippen molar-refractivity contribution in [2.45, 2.75) is 5.92 Å². The molecule has 2 nitrogen and oxygen atoms in total. The molecule has 0 radical (unpaired) electrons. The molecule has 1 atom stereocenters. The molecule has 0 saturated carbocycles. The largest absolute Gasteiger partial charge is 0.492 e. The standard InChI is InChI=1S/C15H11ClO2/c16-11-7-5-10(6-8-11)13-9-18-14-4-2-1-3-12(14)15(13)17/h1-8,13H,9H2. The number of ketones is 1. The lowest BCUT2D eigenvalue weighted by molar-refractivity contribution is 0.0896. The molecule has 0 saturated heterocycles. The van der Waals surface area contributed by atoms with Crippen molar-refractivity contribution in [3.63, 3.8) is 0 Å². The van der Waals surface area contributed by atoms with Crippen LogP contribution in [0, 0.1) is 0 Å². The first-order valence-corrected chi connectivity index (χ1v) is 6.15. The van der Waals surface area contributed by atoms with Crippen molar-refractivity contribution in [2.24, 2.45) is 0 Å². The van der Waals surface area contributed by atoms with Gasteiger partial charge in [0.2, 0.25) is 0 Å². The van der Waals surface area contributed by atoms with Gasteiger partial charge in [-0.2, -0.15) is 0 Å². The summed E-state index contributed by atoms with van der Waals surface area (Å²) in [4.78, 5) is 12.4. The van der Waals surface area contributed by atoms with Crippen molar-refractivity contribution in [3.8, 4) is 5.75 Å². The Hall–Kier alpha value is -1.80. The predicted molar refractivity (Wildman–Crippen MR) is 70.5 cm³/mol. The van der Waals surface area contributed by atoms with Gasteiger partial charge in [0.05, 0.1) is 11.5 Å². The van der Waals surface area contributed by atoms with Crippen LogP contribution < -0.4 is 4.74 Å². The molecule has 0 aromatic heterocycles. The first-order chi connectivity index (χ1) is 8.75. The second kappa shape index (κ2) is 4.46. The molecule has 0 aliphatic carbocycles. The number of hydrogen-bond donors (Lipinski definition) is 0. The van der Waals surface area contributed by atoms with E-state index in [1.807, 2.05) is 30.3 Å². The molecule has 1 aliphatic rings. The van der Waals surface area contributed by atoms with E-state index >= 15 is 0 Å². The maximum Gasteiger partial charge on any atom is 0.177 e. The van der Waals surface area contributed by atoms with Gasteiger partial charge in [-0.15, -0.1) is 0 Å². The average molecular weight is 259 g/mol. The number of ether oxygens (including phenoxy) is 1. The first-order valence-electron chi connectivity index (χ1n) is 5.77. The van der Waals surface area contributed by atoms with Gasteiger partial charge in [0.25, 0.3) is 0 Å². The third kappa shape index (κ3) is 1.89. The molecular weight excluding hydrogens is 248 g/mol. The van der Waals surface area contributed by atoms with Crippen LogP contribution in [0.4, 0.5) is 0 Å². The normalized spacial score (nSPS) is 18.1. The molecule has 2 aromatic rings. The third-order valence-corrected chi connectivity index (χ3v) is 3.40. The van der Waals surface area contributed by atoms with E-state index in [1.54, 1.807) is 18.2 Å². The van der Waals surface area contributed by atoms with E-state index in [4.69, 9.17) is 16.3 Å². The van der Waals surface area contributed by atoms with Crippen LogP contribution in [0.1, 0.15) is 21.8 Å². The lowest BCUT2D eigenvalue weighted by atomic mass is 9.89. The highest BCUT2D eigenvalue weighted by Crippen LogP contribution is 2.32. The zero-order chi connectivity index (χ0) is 12.5. The Labute approximate surface area is 110 Å². The summed E-state index contributed by atoms with van der Waals surface area (Å²) in [7, 11) is 0. The number of Topliss-reactive ketones (excluding diaryl/α,β-unsaturated/α-hetero) is 1. The van der Waals surface area contributed by atoms with Crippen molar-refractivity contribution in [1.29, 1.82) is 0 Å². The zero-order valence-electron chi connectivity index (χ0n) is 9.60. The average Bonchev–Trinajstić information content (AvgIpc) is 2.41. The fourth-order valence-electron chi connectivity index (χ4n) is 2.18. The van der Waals surface area contributed by atoms with Crippen molar-refractivity contribution >= 4 is 17.4 Å². The fourth-order valence-corrected chi connectivity index (χ4v) is 2.30. The maximum absolute atomic E-state index is 12.4. The topological polar surface area (TPSA) is 26.3 Å². The van der Waals surface area contributed by atoms with Crippen LogP contribution >= 0.6 is 11.6 Å². The van der Waals surface area contributed by atoms with E-state index in [-0.39, 0.29) is 11.7 Å². The van der Waals surface area contributed by atoms with Crippen LogP contribution in [0.3, 0.4) is 0 Å². The van der Waals surface area contributed by atoms with Gasteiger partial charge in [0, 0.05) is 5.02 Å². The van der Waals surface area contributed by atoms with Gasteiger partial charge in [0.15, 0.2) is 5.78 Å². The van der Waals surface area contributed by atoms with Gasteiger partial charge in [-0.25, -0.2) is 0 Å². The van der Waals surface area contributed by atoms with Gasteiger partial charge in [-0.3, -0.25) is 4.79 Å². The summed E-state index contributed by atoms with van der Waals surface area (Å²) in [5.74, 6) is 0.545. The predicted octanol–water partition coefficient (Wildman–Crippen LogP) is 3.70. The molecule has 1 aliphatic heterocycles. The Balaban J connectivity index is 1.97. The van der Waals surface area contributed by atoms with Gasteiger partial charge in [-0.1, -0.05) is 35.9 Å². The minimum Gasteiger partial charge on any atom is -0.492 e. The number of benzene rings is 2. The van der Waals surface area contributed by atoms with E-state index in [0.717, 1.165) is 5.56 Å². The van der Waals surface area contributed by atoms with Crippen LogP contribution in [0.2, 0.25) is 5.02 Å². The maximum atomic E-state index is 12.4. The molecule has 1 unspecified atom stereocenters. The molecule has 3 rings (SSSR count). The molecule has 3 heteroatoms. The highest BCUT2D eigenvalue weighted by Gasteiger charge is 2.29. The smallest absolute Gasteiger partial charge is 0.177 e. The van der Waals surface area contributed by atoms with Crippen molar-refractivity contribution in [1.82, 2.24) is 0 Å².